The van der Waals surface area contributed by atoms with Gasteiger partial charge in [-0.25, -0.2) is 14.8 Å². The van der Waals surface area contributed by atoms with Crippen LogP contribution >= 0.6 is 11.6 Å². The number of hydrogen-bond donors (Lipinski definition) is 1. The van der Waals surface area contributed by atoms with Gasteiger partial charge in [-0.15, -0.1) is 0 Å². The Balaban J connectivity index is 1.50. The normalized spacial score (nSPS) is 22.0. The smallest absolute Gasteiger partial charge is 0.335 e. The van der Waals surface area contributed by atoms with Gasteiger partial charge >= 0.3 is 5.97 Å². The summed E-state index contributed by atoms with van der Waals surface area (Å²) in [6.45, 7) is 0. The van der Waals surface area contributed by atoms with E-state index in [9.17, 15) is 14.4 Å². The second kappa shape index (κ2) is 8.78. The van der Waals surface area contributed by atoms with Gasteiger partial charge in [0.25, 0.3) is 5.91 Å². The Morgan fingerprint density at radius 3 is 2.32 bits per heavy atom. The summed E-state index contributed by atoms with van der Waals surface area (Å²) in [5.74, 6) is -2.76. The Bertz CT molecular complexity index is 1290. The Morgan fingerprint density at radius 2 is 1.65 bits per heavy atom. The van der Waals surface area contributed by atoms with Crippen LogP contribution in [0.5, 0.6) is 0 Å². The number of hydroxylamine groups is 1. The number of benzene rings is 3. The molecule has 3 aromatic rings. The van der Waals surface area contributed by atoms with Gasteiger partial charge in [-0.1, -0.05) is 54.1 Å². The maximum Gasteiger partial charge on any atom is 0.335 e. The molecule has 0 radical (unpaired) electrons. The van der Waals surface area contributed by atoms with Gasteiger partial charge in [0, 0.05) is 5.02 Å². The van der Waals surface area contributed by atoms with E-state index < -0.39 is 35.8 Å². The van der Waals surface area contributed by atoms with Crippen LogP contribution < -0.4 is 9.96 Å². The Labute approximate surface area is 200 Å². The summed E-state index contributed by atoms with van der Waals surface area (Å²) in [6, 6.07) is 21.6. The predicted molar refractivity (Wildman–Crippen MR) is 127 cm³/mol. The minimum Gasteiger partial charge on any atom is -0.478 e. The predicted octanol–water partition coefficient (Wildman–Crippen LogP) is 4.43. The SMILES string of the molecule is O=C(O)c1ccc(N2C(=O)[C@H]3[C@@H](/C=C\c4cccc(Cl)c4)N(c4ccccc4)O[C@H]3C2=O)cc1. The fourth-order valence-electron chi connectivity index (χ4n) is 4.28. The van der Waals surface area contributed by atoms with E-state index in [1.807, 2.05) is 54.6 Å². The zero-order chi connectivity index (χ0) is 23.8. The summed E-state index contributed by atoms with van der Waals surface area (Å²) in [5, 5.41) is 11.3. The fourth-order valence-corrected chi connectivity index (χ4v) is 4.47. The highest BCUT2D eigenvalue weighted by atomic mass is 35.5. The van der Waals surface area contributed by atoms with Crippen molar-refractivity contribution in [1.82, 2.24) is 0 Å². The number of carboxylic acids is 1. The highest BCUT2D eigenvalue weighted by molar-refractivity contribution is 6.30. The summed E-state index contributed by atoms with van der Waals surface area (Å²) >= 11 is 6.10. The number of nitrogens with zero attached hydrogens (tertiary/aromatic N) is 2. The number of carbonyl (C=O) groups is 3. The lowest BCUT2D eigenvalue weighted by atomic mass is 9.95. The third-order valence-corrected chi connectivity index (χ3v) is 6.11. The minimum atomic E-state index is -1.09. The molecule has 2 saturated heterocycles. The molecule has 0 spiro atoms. The second-order valence-electron chi connectivity index (χ2n) is 7.98. The molecule has 2 aliphatic heterocycles. The van der Waals surface area contributed by atoms with Crippen molar-refractivity contribution in [2.45, 2.75) is 12.1 Å². The van der Waals surface area contributed by atoms with E-state index in [1.165, 1.54) is 24.3 Å². The van der Waals surface area contributed by atoms with Crippen molar-refractivity contribution in [3.63, 3.8) is 0 Å². The first-order valence-corrected chi connectivity index (χ1v) is 11.0. The molecule has 3 atom stereocenters. The van der Waals surface area contributed by atoms with Crippen molar-refractivity contribution >= 4 is 46.8 Å². The maximum atomic E-state index is 13.5. The van der Waals surface area contributed by atoms with Crippen LogP contribution in [-0.2, 0) is 14.4 Å². The van der Waals surface area contributed by atoms with E-state index >= 15 is 0 Å². The standard InChI is InChI=1S/C26H19ClN2O5/c27-18-6-4-5-16(15-18)9-14-21-22-23(34-29(21)20-7-2-1-3-8-20)25(31)28(24(22)30)19-12-10-17(11-13-19)26(32)33/h1-15,21-23H,(H,32,33)/b14-9-/t21-,22+,23-/m1/s1. The molecule has 2 fully saturated rings. The lowest BCUT2D eigenvalue weighted by molar-refractivity contribution is -0.126. The van der Waals surface area contributed by atoms with Crippen LogP contribution in [0.25, 0.3) is 6.08 Å². The average molecular weight is 475 g/mol. The summed E-state index contributed by atoms with van der Waals surface area (Å²) in [7, 11) is 0. The van der Waals surface area contributed by atoms with Gasteiger partial charge in [0.05, 0.1) is 23.0 Å². The number of anilines is 2. The van der Waals surface area contributed by atoms with Crippen LogP contribution in [0, 0.1) is 5.92 Å². The average Bonchev–Trinajstić information content (AvgIpc) is 3.34. The van der Waals surface area contributed by atoms with Crippen LogP contribution in [0.15, 0.2) is 84.9 Å². The molecule has 3 aromatic carbocycles. The number of hydrogen-bond acceptors (Lipinski definition) is 5. The quantitative estimate of drug-likeness (QED) is 0.550. The van der Waals surface area contributed by atoms with Crippen LogP contribution in [0.2, 0.25) is 5.02 Å². The van der Waals surface area contributed by atoms with Crippen molar-refractivity contribution in [1.29, 1.82) is 0 Å². The summed E-state index contributed by atoms with van der Waals surface area (Å²) < 4.78 is 0. The number of imide groups is 1. The van der Waals surface area contributed by atoms with E-state index in [4.69, 9.17) is 21.5 Å². The topological polar surface area (TPSA) is 87.2 Å². The molecule has 0 aromatic heterocycles. The van der Waals surface area contributed by atoms with Crippen LogP contribution in [0.1, 0.15) is 15.9 Å². The Morgan fingerprint density at radius 1 is 0.912 bits per heavy atom. The summed E-state index contributed by atoms with van der Waals surface area (Å²) in [6.07, 6.45) is 2.69. The van der Waals surface area contributed by atoms with Gasteiger partial charge in [-0.3, -0.25) is 14.4 Å². The molecule has 0 unspecified atom stereocenters. The lowest BCUT2D eigenvalue weighted by Gasteiger charge is -2.26. The highest BCUT2D eigenvalue weighted by Crippen LogP contribution is 2.41. The number of carbonyl (C=O) groups excluding carboxylic acids is 2. The van der Waals surface area contributed by atoms with Gasteiger partial charge in [0.15, 0.2) is 6.10 Å². The number of halogens is 1. The van der Waals surface area contributed by atoms with Crippen molar-refractivity contribution in [3.05, 3.63) is 101 Å². The monoisotopic (exact) mass is 474 g/mol. The van der Waals surface area contributed by atoms with E-state index in [-0.39, 0.29) is 5.56 Å². The largest absolute Gasteiger partial charge is 0.478 e. The molecule has 8 heteroatoms. The molecule has 0 aliphatic carbocycles. The summed E-state index contributed by atoms with van der Waals surface area (Å²) in [4.78, 5) is 45.0. The molecule has 1 N–H and O–H groups in total. The van der Waals surface area contributed by atoms with Crippen LogP contribution in [0.3, 0.4) is 0 Å². The molecule has 0 bridgehead atoms. The van der Waals surface area contributed by atoms with Crippen molar-refractivity contribution in [2.24, 2.45) is 5.92 Å². The van der Waals surface area contributed by atoms with E-state index in [0.717, 1.165) is 16.2 Å². The number of rotatable bonds is 5. The number of para-hydroxylation sites is 1. The number of amides is 2. The number of fused-ring (bicyclic) bond motifs is 1. The first kappa shape index (κ1) is 21.9. The number of carboxylic acid groups (broad SMARTS) is 1. The fraction of sp³-hybridized carbons (Fsp3) is 0.115. The van der Waals surface area contributed by atoms with E-state index in [1.54, 1.807) is 17.2 Å². The third-order valence-electron chi connectivity index (χ3n) is 5.88. The molecule has 7 nitrogen and oxygen atoms in total. The van der Waals surface area contributed by atoms with Crippen molar-refractivity contribution in [3.8, 4) is 0 Å². The van der Waals surface area contributed by atoms with E-state index in [2.05, 4.69) is 0 Å². The number of aromatic carboxylic acids is 1. The molecule has 170 valence electrons. The first-order chi connectivity index (χ1) is 16.4. The van der Waals surface area contributed by atoms with Crippen LogP contribution in [0.4, 0.5) is 11.4 Å². The minimum absolute atomic E-state index is 0.0665. The molecule has 2 heterocycles. The van der Waals surface area contributed by atoms with Crippen LogP contribution in [-0.4, -0.2) is 35.0 Å². The molecule has 0 saturated carbocycles. The molecule has 2 amide bonds. The summed E-state index contributed by atoms with van der Waals surface area (Å²) in [5.41, 5.74) is 1.94. The van der Waals surface area contributed by atoms with Gasteiger partial charge < -0.3 is 5.11 Å². The van der Waals surface area contributed by atoms with Gasteiger partial charge in [0.2, 0.25) is 5.91 Å². The second-order valence-corrected chi connectivity index (χ2v) is 8.42. The van der Waals surface area contributed by atoms with Crippen molar-refractivity contribution in [2.75, 3.05) is 9.96 Å². The highest BCUT2D eigenvalue weighted by Gasteiger charge is 2.59. The third kappa shape index (κ3) is 3.85. The van der Waals surface area contributed by atoms with Gasteiger partial charge in [0.1, 0.15) is 5.92 Å². The molecular formula is C26H19ClN2O5. The molecule has 5 rings (SSSR count). The van der Waals surface area contributed by atoms with E-state index in [0.29, 0.717) is 10.7 Å². The lowest BCUT2D eigenvalue weighted by Crippen LogP contribution is -2.39. The zero-order valence-corrected chi connectivity index (χ0v) is 18.5. The van der Waals surface area contributed by atoms with Gasteiger partial charge in [-0.05, 0) is 54.1 Å². The molecule has 2 aliphatic rings. The Hall–Kier alpha value is -3.94. The van der Waals surface area contributed by atoms with Crippen molar-refractivity contribution < 1.29 is 24.3 Å². The molecular weight excluding hydrogens is 456 g/mol. The zero-order valence-electron chi connectivity index (χ0n) is 17.7. The van der Waals surface area contributed by atoms with Gasteiger partial charge in [-0.2, -0.15) is 0 Å². The molecule has 34 heavy (non-hydrogen) atoms. The first-order valence-electron chi connectivity index (χ1n) is 10.6. The maximum absolute atomic E-state index is 13.5. The Kier molecular flexibility index (Phi) is 5.65.